The number of rotatable bonds is 5. The molecule has 1 heterocycles. The van der Waals surface area contributed by atoms with Crippen molar-refractivity contribution in [2.75, 3.05) is 32.1 Å². The summed E-state index contributed by atoms with van der Waals surface area (Å²) in [6, 6.07) is 14.1. The average Bonchev–Trinajstić information content (AvgIpc) is 2.60. The Kier molecular flexibility index (Phi) is 5.79. The maximum absolute atomic E-state index is 13.2. The largest absolute Gasteiger partial charge is 0.371 e. The number of amides is 1. The van der Waals surface area contributed by atoms with E-state index in [0.717, 1.165) is 29.9 Å². The molecular weight excluding hydrogens is 319 g/mol. The highest BCUT2D eigenvalue weighted by molar-refractivity contribution is 5.90. The number of aryl methyl sites for hydroxylation is 1. The zero-order valence-corrected chi connectivity index (χ0v) is 14.4. The number of anilines is 1. The number of nitrogens with one attached hydrogen (secondary N) is 1. The van der Waals surface area contributed by atoms with E-state index >= 15 is 0 Å². The molecule has 1 saturated heterocycles. The smallest absolute Gasteiger partial charge is 0.224 e. The van der Waals surface area contributed by atoms with Gasteiger partial charge in [0.15, 0.2) is 0 Å². The third-order valence-corrected chi connectivity index (χ3v) is 4.34. The van der Waals surface area contributed by atoms with E-state index in [1.807, 2.05) is 30.3 Å². The Hall–Kier alpha value is -2.24. The molecule has 1 aliphatic heterocycles. The topological polar surface area (TPSA) is 41.6 Å². The molecule has 1 aliphatic rings. The monoisotopic (exact) mass is 342 g/mol. The fourth-order valence-electron chi connectivity index (χ4n) is 2.97. The van der Waals surface area contributed by atoms with Gasteiger partial charge < -0.3 is 15.0 Å². The molecule has 1 N–H and O–H groups in total. The van der Waals surface area contributed by atoms with Crippen molar-refractivity contribution in [3.8, 4) is 0 Å². The standard InChI is InChI=1S/C20H23FN2O2/c1-23-10-11-25-19(14-23)16-5-3-7-18(13-16)22-20(24)9-8-15-4-2-6-17(21)12-15/h2-7,12-13,19H,8-11,14H2,1H3,(H,22,24). The SMILES string of the molecule is CN1CCOC(c2cccc(NC(=O)CCc3cccc(F)c3)c2)C1. The minimum absolute atomic E-state index is 0.0305. The molecule has 1 unspecified atom stereocenters. The number of morpholine rings is 1. The lowest BCUT2D eigenvalue weighted by molar-refractivity contribution is -0.116. The van der Waals surface area contributed by atoms with Crippen LogP contribution in [0, 0.1) is 5.82 Å². The van der Waals surface area contributed by atoms with Gasteiger partial charge in [-0.05, 0) is 48.9 Å². The summed E-state index contributed by atoms with van der Waals surface area (Å²) >= 11 is 0. The first-order chi connectivity index (χ1) is 12.1. The first-order valence-electron chi connectivity index (χ1n) is 8.54. The van der Waals surface area contributed by atoms with Crippen LogP contribution >= 0.6 is 0 Å². The second-order valence-corrected chi connectivity index (χ2v) is 6.43. The Morgan fingerprint density at radius 1 is 1.28 bits per heavy atom. The van der Waals surface area contributed by atoms with Crippen LogP contribution in [0.2, 0.25) is 0 Å². The minimum atomic E-state index is -0.275. The van der Waals surface area contributed by atoms with Crippen molar-refractivity contribution in [3.05, 3.63) is 65.5 Å². The maximum Gasteiger partial charge on any atom is 0.224 e. The summed E-state index contributed by atoms with van der Waals surface area (Å²) in [6.07, 6.45) is 0.860. The van der Waals surface area contributed by atoms with E-state index in [9.17, 15) is 9.18 Å². The van der Waals surface area contributed by atoms with E-state index in [1.54, 1.807) is 6.07 Å². The number of hydrogen-bond acceptors (Lipinski definition) is 3. The zero-order valence-electron chi connectivity index (χ0n) is 14.4. The van der Waals surface area contributed by atoms with Crippen LogP contribution in [0.15, 0.2) is 48.5 Å². The van der Waals surface area contributed by atoms with Crippen LogP contribution in [-0.2, 0) is 16.0 Å². The first kappa shape index (κ1) is 17.6. The van der Waals surface area contributed by atoms with Crippen molar-refractivity contribution >= 4 is 11.6 Å². The summed E-state index contributed by atoms with van der Waals surface area (Å²) in [5.41, 5.74) is 2.65. The fourth-order valence-corrected chi connectivity index (χ4v) is 2.97. The van der Waals surface area contributed by atoms with Crippen LogP contribution in [0.25, 0.3) is 0 Å². The van der Waals surface area contributed by atoms with Crippen LogP contribution in [-0.4, -0.2) is 37.6 Å². The number of benzene rings is 2. The predicted molar refractivity (Wildman–Crippen MR) is 96.0 cm³/mol. The Balaban J connectivity index is 1.57. The lowest BCUT2D eigenvalue weighted by Gasteiger charge is -2.30. The molecule has 2 aromatic carbocycles. The second-order valence-electron chi connectivity index (χ2n) is 6.43. The van der Waals surface area contributed by atoms with Gasteiger partial charge in [-0.3, -0.25) is 4.79 Å². The number of halogens is 1. The van der Waals surface area contributed by atoms with E-state index in [-0.39, 0.29) is 17.8 Å². The third-order valence-electron chi connectivity index (χ3n) is 4.34. The van der Waals surface area contributed by atoms with Crippen molar-refractivity contribution < 1.29 is 13.9 Å². The van der Waals surface area contributed by atoms with Crippen molar-refractivity contribution in [1.82, 2.24) is 4.90 Å². The van der Waals surface area contributed by atoms with Gasteiger partial charge in [0.05, 0.1) is 12.7 Å². The van der Waals surface area contributed by atoms with Crippen molar-refractivity contribution in [1.29, 1.82) is 0 Å². The first-order valence-corrected chi connectivity index (χ1v) is 8.54. The van der Waals surface area contributed by atoms with Crippen LogP contribution in [0.3, 0.4) is 0 Å². The quantitative estimate of drug-likeness (QED) is 0.905. The highest BCUT2D eigenvalue weighted by Crippen LogP contribution is 2.24. The van der Waals surface area contributed by atoms with E-state index in [4.69, 9.17) is 4.74 Å². The molecular formula is C20H23FN2O2. The molecule has 4 nitrogen and oxygen atoms in total. The summed E-state index contributed by atoms with van der Waals surface area (Å²) in [5.74, 6) is -0.355. The molecule has 5 heteroatoms. The lowest BCUT2D eigenvalue weighted by Crippen LogP contribution is -2.35. The summed E-state index contributed by atoms with van der Waals surface area (Å²) in [4.78, 5) is 14.4. The van der Waals surface area contributed by atoms with Gasteiger partial charge >= 0.3 is 0 Å². The summed E-state index contributed by atoms with van der Waals surface area (Å²) in [7, 11) is 2.08. The Labute approximate surface area is 147 Å². The fraction of sp³-hybridized carbons (Fsp3) is 0.350. The third kappa shape index (κ3) is 5.11. The van der Waals surface area contributed by atoms with E-state index in [1.165, 1.54) is 12.1 Å². The highest BCUT2D eigenvalue weighted by atomic mass is 19.1. The zero-order chi connectivity index (χ0) is 17.6. The molecule has 1 amide bonds. The van der Waals surface area contributed by atoms with Gasteiger partial charge in [0.1, 0.15) is 5.82 Å². The Bertz CT molecular complexity index is 735. The summed E-state index contributed by atoms with van der Waals surface area (Å²) in [6.45, 7) is 2.50. The van der Waals surface area contributed by atoms with Crippen molar-refractivity contribution in [3.63, 3.8) is 0 Å². The van der Waals surface area contributed by atoms with E-state index in [0.29, 0.717) is 19.4 Å². The van der Waals surface area contributed by atoms with Gasteiger partial charge in [0, 0.05) is 25.2 Å². The van der Waals surface area contributed by atoms with Crippen molar-refractivity contribution in [2.45, 2.75) is 18.9 Å². The predicted octanol–water partition coefficient (Wildman–Crippen LogP) is 3.40. The number of hydrogen-bond donors (Lipinski definition) is 1. The highest BCUT2D eigenvalue weighted by Gasteiger charge is 2.19. The molecule has 1 atom stereocenters. The molecule has 0 spiro atoms. The molecule has 132 valence electrons. The van der Waals surface area contributed by atoms with Crippen LogP contribution < -0.4 is 5.32 Å². The normalized spacial score (nSPS) is 18.1. The summed E-state index contributed by atoms with van der Waals surface area (Å²) < 4.78 is 19.0. The van der Waals surface area contributed by atoms with Gasteiger partial charge in [-0.1, -0.05) is 24.3 Å². The molecule has 25 heavy (non-hydrogen) atoms. The van der Waals surface area contributed by atoms with Gasteiger partial charge in [0.25, 0.3) is 0 Å². The second kappa shape index (κ2) is 8.23. The average molecular weight is 342 g/mol. The molecule has 0 aromatic heterocycles. The Morgan fingerprint density at radius 2 is 2.12 bits per heavy atom. The Morgan fingerprint density at radius 3 is 2.92 bits per heavy atom. The lowest BCUT2D eigenvalue weighted by atomic mass is 10.1. The minimum Gasteiger partial charge on any atom is -0.371 e. The van der Waals surface area contributed by atoms with Crippen LogP contribution in [0.4, 0.5) is 10.1 Å². The number of nitrogens with zero attached hydrogens (tertiary/aromatic N) is 1. The number of carbonyl (C=O) groups excluding carboxylic acids is 1. The number of likely N-dealkylation sites (N-methyl/N-ethyl adjacent to an activating group) is 1. The van der Waals surface area contributed by atoms with Gasteiger partial charge in [-0.2, -0.15) is 0 Å². The molecule has 3 rings (SSSR count). The van der Waals surface area contributed by atoms with Crippen LogP contribution in [0.5, 0.6) is 0 Å². The van der Waals surface area contributed by atoms with Gasteiger partial charge in [0.2, 0.25) is 5.91 Å². The summed E-state index contributed by atoms with van der Waals surface area (Å²) in [5, 5.41) is 2.92. The molecule has 0 aliphatic carbocycles. The van der Waals surface area contributed by atoms with Gasteiger partial charge in [-0.15, -0.1) is 0 Å². The molecule has 0 saturated carbocycles. The van der Waals surface area contributed by atoms with Gasteiger partial charge in [-0.25, -0.2) is 4.39 Å². The molecule has 2 aromatic rings. The van der Waals surface area contributed by atoms with E-state index in [2.05, 4.69) is 17.3 Å². The number of carbonyl (C=O) groups is 1. The molecule has 1 fully saturated rings. The van der Waals surface area contributed by atoms with Crippen LogP contribution in [0.1, 0.15) is 23.7 Å². The van der Waals surface area contributed by atoms with E-state index < -0.39 is 0 Å². The molecule has 0 bridgehead atoms. The van der Waals surface area contributed by atoms with Crippen molar-refractivity contribution in [2.24, 2.45) is 0 Å². The number of ether oxygens (including phenoxy) is 1. The molecule has 0 radical (unpaired) electrons. The maximum atomic E-state index is 13.2.